The first kappa shape index (κ1) is 13.3. The lowest BCUT2D eigenvalue weighted by atomic mass is 9.97. The van der Waals surface area contributed by atoms with Crippen LogP contribution < -0.4 is 5.73 Å². The van der Waals surface area contributed by atoms with Gasteiger partial charge in [0.15, 0.2) is 0 Å². The van der Waals surface area contributed by atoms with Gasteiger partial charge in [-0.05, 0) is 39.2 Å². The number of rotatable bonds is 4. The van der Waals surface area contributed by atoms with E-state index in [1.54, 1.807) is 0 Å². The summed E-state index contributed by atoms with van der Waals surface area (Å²) < 4.78 is 0. The van der Waals surface area contributed by atoms with Gasteiger partial charge in [0, 0.05) is 37.8 Å². The third-order valence-corrected chi connectivity index (χ3v) is 4.63. The zero-order valence-electron chi connectivity index (χ0n) is 11.6. The molecule has 0 spiro atoms. The van der Waals surface area contributed by atoms with Gasteiger partial charge in [0.2, 0.25) is 0 Å². The highest BCUT2D eigenvalue weighted by atomic mass is 15.3. The molecule has 3 atom stereocenters. The summed E-state index contributed by atoms with van der Waals surface area (Å²) in [7, 11) is 0. The molecule has 2 fully saturated rings. The van der Waals surface area contributed by atoms with Gasteiger partial charge >= 0.3 is 0 Å². The number of nitrogens with zero attached hydrogens (tertiary/aromatic N) is 2. The van der Waals surface area contributed by atoms with Crippen molar-refractivity contribution in [3.05, 3.63) is 0 Å². The van der Waals surface area contributed by atoms with Gasteiger partial charge in [0.1, 0.15) is 0 Å². The molecule has 17 heavy (non-hydrogen) atoms. The van der Waals surface area contributed by atoms with E-state index in [0.717, 1.165) is 18.9 Å². The Morgan fingerprint density at radius 2 is 2.12 bits per heavy atom. The van der Waals surface area contributed by atoms with E-state index in [4.69, 9.17) is 5.73 Å². The van der Waals surface area contributed by atoms with Crippen LogP contribution in [0.25, 0.3) is 0 Å². The van der Waals surface area contributed by atoms with Gasteiger partial charge < -0.3 is 5.73 Å². The van der Waals surface area contributed by atoms with Crippen molar-refractivity contribution < 1.29 is 0 Å². The maximum atomic E-state index is 6.03. The standard InChI is InChI=1S/C14H29N3/c1-3-13(15)7-9-16-11-14-6-4-5-8-17(14)10-12(16)2/h12-14H,3-11,15H2,1-2H3. The first-order chi connectivity index (χ1) is 8.20. The van der Waals surface area contributed by atoms with Crippen molar-refractivity contribution in [2.75, 3.05) is 26.2 Å². The Kier molecular flexibility index (Phi) is 4.83. The minimum atomic E-state index is 0.395. The average molecular weight is 239 g/mol. The topological polar surface area (TPSA) is 32.5 Å². The molecule has 2 N–H and O–H groups in total. The van der Waals surface area contributed by atoms with Gasteiger partial charge in [-0.15, -0.1) is 0 Å². The molecule has 3 unspecified atom stereocenters. The third kappa shape index (κ3) is 3.43. The summed E-state index contributed by atoms with van der Waals surface area (Å²) in [6.45, 7) is 9.64. The van der Waals surface area contributed by atoms with Gasteiger partial charge in [0.05, 0.1) is 0 Å². The van der Waals surface area contributed by atoms with Crippen molar-refractivity contribution in [2.45, 2.75) is 64.1 Å². The third-order valence-electron chi connectivity index (χ3n) is 4.63. The summed E-state index contributed by atoms with van der Waals surface area (Å²) in [6.07, 6.45) is 6.51. The second-order valence-corrected chi connectivity index (χ2v) is 5.95. The van der Waals surface area contributed by atoms with E-state index < -0.39 is 0 Å². The Labute approximate surface area is 106 Å². The highest BCUT2D eigenvalue weighted by molar-refractivity contribution is 4.89. The molecule has 2 aliphatic rings. The van der Waals surface area contributed by atoms with E-state index >= 15 is 0 Å². The minimum absolute atomic E-state index is 0.395. The number of fused-ring (bicyclic) bond motifs is 1. The van der Waals surface area contributed by atoms with Gasteiger partial charge in [-0.3, -0.25) is 9.80 Å². The Hall–Kier alpha value is -0.120. The predicted octanol–water partition coefficient (Wildman–Crippen LogP) is 1.67. The van der Waals surface area contributed by atoms with Crippen LogP contribution in [0, 0.1) is 0 Å². The van der Waals surface area contributed by atoms with Gasteiger partial charge in [-0.2, -0.15) is 0 Å². The van der Waals surface area contributed by atoms with E-state index in [9.17, 15) is 0 Å². The number of nitrogens with two attached hydrogens (primary N) is 1. The number of piperazine rings is 1. The molecule has 2 rings (SSSR count). The zero-order valence-corrected chi connectivity index (χ0v) is 11.6. The zero-order chi connectivity index (χ0) is 12.3. The second kappa shape index (κ2) is 6.17. The fourth-order valence-corrected chi connectivity index (χ4v) is 3.26. The average Bonchev–Trinajstić information content (AvgIpc) is 2.35. The fourth-order valence-electron chi connectivity index (χ4n) is 3.26. The maximum absolute atomic E-state index is 6.03. The van der Waals surface area contributed by atoms with Crippen molar-refractivity contribution in [2.24, 2.45) is 5.73 Å². The molecule has 3 nitrogen and oxygen atoms in total. The number of piperidine rings is 1. The van der Waals surface area contributed by atoms with Crippen molar-refractivity contribution in [3.8, 4) is 0 Å². The summed E-state index contributed by atoms with van der Waals surface area (Å²) in [5.74, 6) is 0. The van der Waals surface area contributed by atoms with Gasteiger partial charge in [-0.1, -0.05) is 13.3 Å². The smallest absolute Gasteiger partial charge is 0.0223 e. The SMILES string of the molecule is CCC(N)CCN1CC2CCCCN2CC1C. The minimum Gasteiger partial charge on any atom is -0.328 e. The molecule has 3 heteroatoms. The van der Waals surface area contributed by atoms with E-state index in [1.165, 1.54) is 45.4 Å². The summed E-state index contributed by atoms with van der Waals surface area (Å²) in [4.78, 5) is 5.38. The Balaban J connectivity index is 1.82. The van der Waals surface area contributed by atoms with Crippen LogP contribution in [0.3, 0.4) is 0 Å². The second-order valence-electron chi connectivity index (χ2n) is 5.95. The molecule has 0 aliphatic carbocycles. The molecular weight excluding hydrogens is 210 g/mol. The lowest BCUT2D eigenvalue weighted by molar-refractivity contribution is 0.0141. The van der Waals surface area contributed by atoms with E-state index in [2.05, 4.69) is 23.6 Å². The lowest BCUT2D eigenvalue weighted by Gasteiger charge is -2.47. The van der Waals surface area contributed by atoms with Gasteiger partial charge in [-0.25, -0.2) is 0 Å². The summed E-state index contributed by atoms with van der Waals surface area (Å²) >= 11 is 0. The molecule has 0 bridgehead atoms. The quantitative estimate of drug-likeness (QED) is 0.810. The molecule has 0 saturated carbocycles. The van der Waals surface area contributed by atoms with Crippen molar-refractivity contribution in [3.63, 3.8) is 0 Å². The van der Waals surface area contributed by atoms with Crippen LogP contribution >= 0.6 is 0 Å². The van der Waals surface area contributed by atoms with E-state index in [1.807, 2.05) is 0 Å². The normalized spacial score (nSPS) is 33.4. The van der Waals surface area contributed by atoms with Crippen molar-refractivity contribution >= 4 is 0 Å². The maximum Gasteiger partial charge on any atom is 0.0223 e. The van der Waals surface area contributed by atoms with E-state index in [0.29, 0.717) is 12.1 Å². The monoisotopic (exact) mass is 239 g/mol. The number of hydrogen-bond acceptors (Lipinski definition) is 3. The van der Waals surface area contributed by atoms with Crippen molar-refractivity contribution in [1.29, 1.82) is 0 Å². The summed E-state index contributed by atoms with van der Waals surface area (Å²) in [6, 6.07) is 1.94. The van der Waals surface area contributed by atoms with Crippen molar-refractivity contribution in [1.82, 2.24) is 9.80 Å². The lowest BCUT2D eigenvalue weighted by Crippen LogP contribution is -2.58. The molecule has 100 valence electrons. The molecule has 0 radical (unpaired) electrons. The van der Waals surface area contributed by atoms with Crippen LogP contribution in [0.1, 0.15) is 46.0 Å². The van der Waals surface area contributed by atoms with Gasteiger partial charge in [0.25, 0.3) is 0 Å². The largest absolute Gasteiger partial charge is 0.328 e. The first-order valence-electron chi connectivity index (χ1n) is 7.44. The molecule has 2 saturated heterocycles. The predicted molar refractivity (Wildman–Crippen MR) is 73.1 cm³/mol. The molecule has 0 aromatic carbocycles. The van der Waals surface area contributed by atoms with Crippen LogP contribution in [0.4, 0.5) is 0 Å². The summed E-state index contributed by atoms with van der Waals surface area (Å²) in [5, 5.41) is 0. The van der Waals surface area contributed by atoms with Crippen LogP contribution in [0.15, 0.2) is 0 Å². The molecule has 2 aliphatic heterocycles. The summed E-state index contributed by atoms with van der Waals surface area (Å²) in [5.41, 5.74) is 6.03. The molecule has 0 aromatic heterocycles. The molecule has 2 heterocycles. The highest BCUT2D eigenvalue weighted by Gasteiger charge is 2.32. The number of hydrogen-bond donors (Lipinski definition) is 1. The highest BCUT2D eigenvalue weighted by Crippen LogP contribution is 2.24. The molecule has 0 amide bonds. The van der Waals surface area contributed by atoms with Crippen LogP contribution in [-0.4, -0.2) is 54.1 Å². The van der Waals surface area contributed by atoms with Crippen LogP contribution in [0.5, 0.6) is 0 Å². The van der Waals surface area contributed by atoms with Crippen LogP contribution in [0.2, 0.25) is 0 Å². The Morgan fingerprint density at radius 3 is 2.88 bits per heavy atom. The molecule has 0 aromatic rings. The van der Waals surface area contributed by atoms with Crippen LogP contribution in [-0.2, 0) is 0 Å². The Bertz CT molecular complexity index is 232. The van der Waals surface area contributed by atoms with E-state index in [-0.39, 0.29) is 0 Å². The fraction of sp³-hybridized carbons (Fsp3) is 1.00. The Morgan fingerprint density at radius 1 is 1.29 bits per heavy atom. The molecular formula is C14H29N3. The first-order valence-corrected chi connectivity index (χ1v) is 7.44.